The van der Waals surface area contributed by atoms with Gasteiger partial charge in [0.15, 0.2) is 6.61 Å². The highest BCUT2D eigenvalue weighted by atomic mass is 16.5. The van der Waals surface area contributed by atoms with Crippen LogP contribution in [0.1, 0.15) is 75.9 Å². The molecule has 0 atom stereocenters. The van der Waals surface area contributed by atoms with Gasteiger partial charge in [-0.1, -0.05) is 47.6 Å². The number of Topliss-reactive ketones (excluding diaryl/α,β-unsaturated/α-hetero) is 1. The van der Waals surface area contributed by atoms with E-state index >= 15 is 0 Å². The average Bonchev–Trinajstić information content (AvgIpc) is 2.79. The number of benzene rings is 1. The van der Waals surface area contributed by atoms with Crippen LogP contribution in [-0.2, 0) is 10.8 Å². The van der Waals surface area contributed by atoms with Crippen molar-refractivity contribution in [2.24, 2.45) is 0 Å². The third-order valence-electron chi connectivity index (χ3n) is 5.02. The quantitative estimate of drug-likeness (QED) is 0.799. The molecule has 0 amide bonds. The van der Waals surface area contributed by atoms with Crippen molar-refractivity contribution in [1.82, 2.24) is 0 Å². The third-order valence-corrected chi connectivity index (χ3v) is 5.02. The number of rotatable bonds is 4. The molecule has 0 saturated heterocycles. The second kappa shape index (κ2) is 4.91. The number of ketones is 1. The van der Waals surface area contributed by atoms with Gasteiger partial charge >= 0.3 is 0 Å². The maximum Gasteiger partial charge on any atom is 0.203 e. The Morgan fingerprint density at radius 3 is 2.20 bits per heavy atom. The van der Waals surface area contributed by atoms with Crippen LogP contribution in [0, 0.1) is 0 Å². The molecule has 20 heavy (non-hydrogen) atoms. The molecular formula is C18H26O2. The van der Waals surface area contributed by atoms with E-state index < -0.39 is 0 Å². The van der Waals surface area contributed by atoms with Crippen LogP contribution in [0.15, 0.2) is 12.1 Å². The van der Waals surface area contributed by atoms with E-state index in [1.165, 1.54) is 11.1 Å². The first-order valence-electron chi connectivity index (χ1n) is 7.58. The highest BCUT2D eigenvalue weighted by Crippen LogP contribution is 2.42. The lowest BCUT2D eigenvalue weighted by atomic mass is 9.75. The Kier molecular flexibility index (Phi) is 3.70. The van der Waals surface area contributed by atoms with Crippen molar-refractivity contribution in [1.29, 1.82) is 0 Å². The fourth-order valence-electron chi connectivity index (χ4n) is 2.49. The van der Waals surface area contributed by atoms with Gasteiger partial charge in [-0.05, 0) is 35.3 Å². The molecule has 0 spiro atoms. The molecule has 0 N–H and O–H groups in total. The summed E-state index contributed by atoms with van der Waals surface area (Å²) in [7, 11) is 0. The van der Waals surface area contributed by atoms with E-state index in [9.17, 15) is 4.79 Å². The van der Waals surface area contributed by atoms with Gasteiger partial charge in [-0.15, -0.1) is 0 Å². The summed E-state index contributed by atoms with van der Waals surface area (Å²) < 4.78 is 5.68. The molecule has 0 fully saturated rings. The first-order valence-corrected chi connectivity index (χ1v) is 7.58. The van der Waals surface area contributed by atoms with Gasteiger partial charge in [-0.2, -0.15) is 0 Å². The summed E-state index contributed by atoms with van der Waals surface area (Å²) in [6.07, 6.45) is 2.07. The molecule has 0 aromatic heterocycles. The minimum atomic E-state index is 0.0224. The maximum absolute atomic E-state index is 12.1. The topological polar surface area (TPSA) is 26.3 Å². The van der Waals surface area contributed by atoms with Crippen molar-refractivity contribution in [3.05, 3.63) is 28.8 Å². The summed E-state index contributed by atoms with van der Waals surface area (Å²) in [4.78, 5) is 12.1. The Morgan fingerprint density at radius 2 is 1.65 bits per heavy atom. The number of carbonyl (C=O) groups excluding carboxylic acids is 1. The SMILES string of the molecule is CCC(C)(C)c1cc2c(c(C(C)(C)CC)c1)OCC2=O. The smallest absolute Gasteiger partial charge is 0.203 e. The number of fused-ring (bicyclic) bond motifs is 1. The maximum atomic E-state index is 12.1. The zero-order valence-corrected chi connectivity index (χ0v) is 13.6. The van der Waals surface area contributed by atoms with E-state index in [1.54, 1.807) is 0 Å². The normalized spacial score (nSPS) is 15.2. The van der Waals surface area contributed by atoms with Crippen LogP contribution in [0.25, 0.3) is 0 Å². The van der Waals surface area contributed by atoms with E-state index in [0.717, 1.165) is 24.2 Å². The molecule has 0 unspecified atom stereocenters. The zero-order chi connectivity index (χ0) is 15.1. The summed E-state index contributed by atoms with van der Waals surface area (Å²) >= 11 is 0. The molecule has 2 heteroatoms. The molecule has 1 aromatic rings. The molecule has 0 radical (unpaired) electrons. The van der Waals surface area contributed by atoms with Crippen molar-refractivity contribution < 1.29 is 9.53 Å². The van der Waals surface area contributed by atoms with E-state index in [-0.39, 0.29) is 23.2 Å². The van der Waals surface area contributed by atoms with Crippen LogP contribution in [0.5, 0.6) is 5.75 Å². The molecule has 2 nitrogen and oxygen atoms in total. The number of hydrogen-bond acceptors (Lipinski definition) is 2. The zero-order valence-electron chi connectivity index (χ0n) is 13.6. The Labute approximate surface area is 122 Å². The molecule has 1 aromatic carbocycles. The van der Waals surface area contributed by atoms with Gasteiger partial charge < -0.3 is 4.74 Å². The molecule has 0 aliphatic carbocycles. The molecular weight excluding hydrogens is 248 g/mol. The van der Waals surface area contributed by atoms with Crippen LogP contribution in [0.3, 0.4) is 0 Å². The largest absolute Gasteiger partial charge is 0.484 e. The van der Waals surface area contributed by atoms with Gasteiger partial charge in [0.05, 0.1) is 5.56 Å². The number of hydrogen-bond donors (Lipinski definition) is 0. The van der Waals surface area contributed by atoms with Gasteiger partial charge in [-0.3, -0.25) is 4.79 Å². The number of ether oxygens (including phenoxy) is 1. The van der Waals surface area contributed by atoms with Crippen LogP contribution in [0.2, 0.25) is 0 Å². The van der Waals surface area contributed by atoms with Gasteiger partial charge in [0, 0.05) is 5.56 Å². The Morgan fingerprint density at radius 1 is 1.05 bits per heavy atom. The monoisotopic (exact) mass is 274 g/mol. The standard InChI is InChI=1S/C18H26O2/c1-7-17(3,4)12-9-13-15(19)11-20-16(13)14(10-12)18(5,6)8-2/h9-10H,7-8,11H2,1-6H3. The summed E-state index contributed by atoms with van der Waals surface area (Å²) in [6, 6.07) is 4.30. The predicted octanol–water partition coefficient (Wildman–Crippen LogP) is 4.64. The summed E-state index contributed by atoms with van der Waals surface area (Å²) in [6.45, 7) is 13.5. The minimum absolute atomic E-state index is 0.0224. The molecule has 0 saturated carbocycles. The second-order valence-corrected chi connectivity index (χ2v) is 7.09. The molecule has 110 valence electrons. The molecule has 2 rings (SSSR count). The van der Waals surface area contributed by atoms with E-state index in [2.05, 4.69) is 47.6 Å². The molecule has 1 heterocycles. The van der Waals surface area contributed by atoms with Crippen LogP contribution in [-0.4, -0.2) is 12.4 Å². The molecule has 1 aliphatic heterocycles. The van der Waals surface area contributed by atoms with Crippen molar-refractivity contribution in [2.45, 2.75) is 65.2 Å². The van der Waals surface area contributed by atoms with Gasteiger partial charge in [0.1, 0.15) is 5.75 Å². The highest BCUT2D eigenvalue weighted by molar-refractivity contribution is 6.03. The van der Waals surface area contributed by atoms with E-state index in [4.69, 9.17) is 4.74 Å². The van der Waals surface area contributed by atoms with Crippen LogP contribution < -0.4 is 4.74 Å². The summed E-state index contributed by atoms with van der Waals surface area (Å²) in [5.74, 6) is 0.930. The molecule has 0 bridgehead atoms. The number of carbonyl (C=O) groups is 1. The van der Waals surface area contributed by atoms with Crippen LogP contribution in [0.4, 0.5) is 0 Å². The fraction of sp³-hybridized carbons (Fsp3) is 0.611. The first kappa shape index (κ1) is 15.1. The van der Waals surface area contributed by atoms with E-state index in [0.29, 0.717) is 0 Å². The predicted molar refractivity (Wildman–Crippen MR) is 82.9 cm³/mol. The van der Waals surface area contributed by atoms with Crippen molar-refractivity contribution in [3.8, 4) is 5.75 Å². The fourth-order valence-corrected chi connectivity index (χ4v) is 2.49. The summed E-state index contributed by atoms with van der Waals surface area (Å²) in [5, 5.41) is 0. The first-order chi connectivity index (χ1) is 9.23. The van der Waals surface area contributed by atoms with Crippen molar-refractivity contribution >= 4 is 5.78 Å². The van der Waals surface area contributed by atoms with Gasteiger partial charge in [0.2, 0.25) is 5.78 Å². The lowest BCUT2D eigenvalue weighted by Crippen LogP contribution is -2.21. The lowest BCUT2D eigenvalue weighted by Gasteiger charge is -2.30. The van der Waals surface area contributed by atoms with Gasteiger partial charge in [0.25, 0.3) is 0 Å². The van der Waals surface area contributed by atoms with Crippen LogP contribution >= 0.6 is 0 Å². The lowest BCUT2D eigenvalue weighted by molar-refractivity contribution is 0.0960. The Balaban J connectivity index is 2.69. The average molecular weight is 274 g/mol. The van der Waals surface area contributed by atoms with Crippen molar-refractivity contribution in [2.75, 3.05) is 6.61 Å². The Bertz CT molecular complexity index is 539. The molecule has 1 aliphatic rings. The van der Waals surface area contributed by atoms with Crippen molar-refractivity contribution in [3.63, 3.8) is 0 Å². The van der Waals surface area contributed by atoms with Gasteiger partial charge in [-0.25, -0.2) is 0 Å². The third kappa shape index (κ3) is 2.36. The second-order valence-electron chi connectivity index (χ2n) is 7.09. The highest BCUT2D eigenvalue weighted by Gasteiger charge is 2.33. The Hall–Kier alpha value is -1.31. The summed E-state index contributed by atoms with van der Waals surface area (Å²) in [5.41, 5.74) is 3.31. The minimum Gasteiger partial charge on any atom is -0.484 e. The van der Waals surface area contributed by atoms with E-state index in [1.807, 2.05) is 6.07 Å².